The van der Waals surface area contributed by atoms with Crippen LogP contribution < -0.4 is 5.32 Å². The van der Waals surface area contributed by atoms with Crippen LogP contribution in [0.1, 0.15) is 5.82 Å². The number of halogens is 3. The maximum absolute atomic E-state index is 12.2. The van der Waals surface area contributed by atoms with Gasteiger partial charge in [0, 0.05) is 18.6 Å². The molecule has 0 saturated carbocycles. The summed E-state index contributed by atoms with van der Waals surface area (Å²) < 4.78 is 44.1. The van der Waals surface area contributed by atoms with Gasteiger partial charge in [0.15, 0.2) is 0 Å². The Balaban J connectivity index is 2.74. The van der Waals surface area contributed by atoms with E-state index in [0.717, 1.165) is 0 Å². The molecule has 0 saturated heterocycles. The number of hydrogen-bond acceptors (Lipinski definition) is 6. The fourth-order valence-electron chi connectivity index (χ4n) is 0.888. The number of alkyl halides is 3. The normalized spacial score (nSPS) is 13.4. The highest BCUT2D eigenvalue weighted by molar-refractivity contribution is 7.09. The van der Waals surface area contributed by atoms with Crippen molar-refractivity contribution in [1.82, 2.24) is 9.36 Å². The van der Waals surface area contributed by atoms with Crippen LogP contribution in [0.5, 0.6) is 0 Å². The number of carboxylic acids is 1. The zero-order chi connectivity index (χ0) is 13.1. The number of aromatic nitrogens is 2. The van der Waals surface area contributed by atoms with Crippen LogP contribution in [-0.2, 0) is 15.7 Å². The molecule has 0 aliphatic heterocycles. The maximum atomic E-state index is 12.2. The first-order valence-corrected chi connectivity index (χ1v) is 5.01. The van der Waals surface area contributed by atoms with E-state index in [0.29, 0.717) is 11.5 Å². The Labute approximate surface area is 97.6 Å². The number of aliphatic carboxylic acids is 1. The molecule has 0 spiro atoms. The zero-order valence-corrected chi connectivity index (χ0v) is 9.30. The molecule has 0 aliphatic carbocycles. The quantitative estimate of drug-likeness (QED) is 0.833. The Morgan fingerprint density at radius 1 is 1.65 bits per heavy atom. The van der Waals surface area contributed by atoms with Gasteiger partial charge in [-0.15, -0.1) is 0 Å². The van der Waals surface area contributed by atoms with Crippen molar-refractivity contribution in [3.8, 4) is 0 Å². The highest BCUT2D eigenvalue weighted by Crippen LogP contribution is 2.29. The molecule has 1 aromatic heterocycles. The van der Waals surface area contributed by atoms with Crippen molar-refractivity contribution in [3.05, 3.63) is 5.82 Å². The number of nitrogens with zero attached hydrogens (tertiary/aromatic N) is 2. The van der Waals surface area contributed by atoms with Crippen LogP contribution in [0.15, 0.2) is 0 Å². The third kappa shape index (κ3) is 3.82. The lowest BCUT2D eigenvalue weighted by molar-refractivity contribution is -0.144. The molecule has 1 heterocycles. The summed E-state index contributed by atoms with van der Waals surface area (Å²) in [6.07, 6.45) is -4.64. The fraction of sp³-hybridized carbons (Fsp3) is 0.571. The summed E-state index contributed by atoms with van der Waals surface area (Å²) in [5, 5.41) is 10.8. The van der Waals surface area contributed by atoms with E-state index in [9.17, 15) is 18.0 Å². The highest BCUT2D eigenvalue weighted by atomic mass is 32.1. The molecule has 1 aromatic rings. The average molecular weight is 271 g/mol. The summed E-state index contributed by atoms with van der Waals surface area (Å²) >= 11 is 0.437. The second-order valence-corrected chi connectivity index (χ2v) is 3.66. The Morgan fingerprint density at radius 2 is 2.29 bits per heavy atom. The highest BCUT2D eigenvalue weighted by Gasteiger charge is 2.36. The standard InChI is InChI=1S/C7H8F3N3O3S/c1-16-2-3(4(14)15)11-6-12-5(13-17-6)7(8,9)10/h3H,2H2,1H3,(H,14,15)(H,11,12,13). The molecule has 6 nitrogen and oxygen atoms in total. The molecule has 0 amide bonds. The Kier molecular flexibility index (Phi) is 4.23. The largest absolute Gasteiger partial charge is 0.480 e. The van der Waals surface area contributed by atoms with Gasteiger partial charge in [0.1, 0.15) is 6.04 Å². The summed E-state index contributed by atoms with van der Waals surface area (Å²) in [6.45, 7) is -0.198. The fourth-order valence-corrected chi connectivity index (χ4v) is 1.53. The SMILES string of the molecule is COCC(Nc1nc(C(F)(F)F)ns1)C(=O)O. The number of nitrogens with one attached hydrogen (secondary N) is 1. The summed E-state index contributed by atoms with van der Waals surface area (Å²) in [7, 11) is 1.28. The van der Waals surface area contributed by atoms with E-state index >= 15 is 0 Å². The Hall–Kier alpha value is -1.42. The number of rotatable bonds is 5. The molecule has 17 heavy (non-hydrogen) atoms. The minimum absolute atomic E-state index is 0.198. The predicted molar refractivity (Wildman–Crippen MR) is 51.8 cm³/mol. The van der Waals surface area contributed by atoms with Gasteiger partial charge in [0.05, 0.1) is 6.61 Å². The molecule has 10 heteroatoms. The average Bonchev–Trinajstić information content (AvgIpc) is 2.64. The minimum Gasteiger partial charge on any atom is -0.480 e. The number of ether oxygens (including phenoxy) is 1. The number of methoxy groups -OCH3 is 1. The van der Waals surface area contributed by atoms with Crippen LogP contribution in [-0.4, -0.2) is 40.2 Å². The maximum Gasteiger partial charge on any atom is 0.452 e. The van der Waals surface area contributed by atoms with E-state index in [4.69, 9.17) is 5.11 Å². The molecule has 96 valence electrons. The molecule has 0 fully saturated rings. The van der Waals surface area contributed by atoms with Gasteiger partial charge in [0.2, 0.25) is 11.0 Å². The van der Waals surface area contributed by atoms with Gasteiger partial charge in [0.25, 0.3) is 0 Å². The van der Waals surface area contributed by atoms with Crippen LogP contribution in [0.4, 0.5) is 18.3 Å². The van der Waals surface area contributed by atoms with Gasteiger partial charge in [-0.25, -0.2) is 4.79 Å². The van der Waals surface area contributed by atoms with Crippen molar-refractivity contribution < 1.29 is 27.8 Å². The smallest absolute Gasteiger partial charge is 0.452 e. The third-order valence-electron chi connectivity index (χ3n) is 1.61. The van der Waals surface area contributed by atoms with Crippen molar-refractivity contribution in [1.29, 1.82) is 0 Å². The molecule has 1 atom stereocenters. The molecule has 0 aromatic carbocycles. The van der Waals surface area contributed by atoms with E-state index in [1.165, 1.54) is 7.11 Å². The summed E-state index contributed by atoms with van der Waals surface area (Å²) in [4.78, 5) is 13.8. The van der Waals surface area contributed by atoms with Gasteiger partial charge < -0.3 is 15.2 Å². The molecule has 0 radical (unpaired) electrons. The van der Waals surface area contributed by atoms with E-state index < -0.39 is 24.0 Å². The van der Waals surface area contributed by atoms with Crippen molar-refractivity contribution in [2.75, 3.05) is 19.0 Å². The van der Waals surface area contributed by atoms with Gasteiger partial charge in [-0.05, 0) is 0 Å². The predicted octanol–water partition coefficient (Wildman–Crippen LogP) is 1.07. The van der Waals surface area contributed by atoms with E-state index in [-0.39, 0.29) is 11.7 Å². The van der Waals surface area contributed by atoms with Gasteiger partial charge in [-0.2, -0.15) is 22.5 Å². The van der Waals surface area contributed by atoms with Gasteiger partial charge in [-0.1, -0.05) is 0 Å². The molecule has 0 bridgehead atoms. The summed E-state index contributed by atoms with van der Waals surface area (Å²) in [6, 6.07) is -1.17. The third-order valence-corrected chi connectivity index (χ3v) is 2.26. The topological polar surface area (TPSA) is 84.3 Å². The monoisotopic (exact) mass is 271 g/mol. The van der Waals surface area contributed by atoms with Crippen LogP contribution in [0.25, 0.3) is 0 Å². The first-order chi connectivity index (χ1) is 7.84. The Bertz CT molecular complexity index is 395. The van der Waals surface area contributed by atoms with Crippen molar-refractivity contribution in [2.45, 2.75) is 12.2 Å². The molecular weight excluding hydrogens is 263 g/mol. The number of anilines is 1. The van der Waals surface area contributed by atoms with Crippen molar-refractivity contribution >= 4 is 22.6 Å². The lowest BCUT2D eigenvalue weighted by Crippen LogP contribution is -2.33. The first-order valence-electron chi connectivity index (χ1n) is 4.23. The minimum atomic E-state index is -4.64. The molecule has 2 N–H and O–H groups in total. The second kappa shape index (κ2) is 5.27. The number of carboxylic acid groups (broad SMARTS) is 1. The summed E-state index contributed by atoms with van der Waals surface area (Å²) in [5.74, 6) is -2.55. The van der Waals surface area contributed by atoms with Gasteiger partial charge >= 0.3 is 12.1 Å². The molecule has 1 rings (SSSR count). The Morgan fingerprint density at radius 3 is 2.71 bits per heavy atom. The van der Waals surface area contributed by atoms with Gasteiger partial charge in [-0.3, -0.25) is 0 Å². The number of carbonyl (C=O) groups is 1. The van der Waals surface area contributed by atoms with Crippen LogP contribution >= 0.6 is 11.5 Å². The molecular formula is C7H8F3N3O3S. The van der Waals surface area contributed by atoms with Crippen molar-refractivity contribution in [2.24, 2.45) is 0 Å². The van der Waals surface area contributed by atoms with E-state index in [1.54, 1.807) is 0 Å². The van der Waals surface area contributed by atoms with Crippen LogP contribution in [0, 0.1) is 0 Å². The van der Waals surface area contributed by atoms with Crippen molar-refractivity contribution in [3.63, 3.8) is 0 Å². The van der Waals surface area contributed by atoms with E-state index in [1.807, 2.05) is 0 Å². The zero-order valence-electron chi connectivity index (χ0n) is 8.48. The van der Waals surface area contributed by atoms with E-state index in [2.05, 4.69) is 19.4 Å². The molecule has 1 unspecified atom stereocenters. The lowest BCUT2D eigenvalue weighted by atomic mass is 10.3. The van der Waals surface area contributed by atoms with Crippen LogP contribution in [0.2, 0.25) is 0 Å². The number of hydrogen-bond donors (Lipinski definition) is 2. The second-order valence-electron chi connectivity index (χ2n) is 2.91. The lowest BCUT2D eigenvalue weighted by Gasteiger charge is -2.11. The molecule has 0 aliphatic rings. The summed E-state index contributed by atoms with van der Waals surface area (Å²) in [5.41, 5.74) is 0. The first kappa shape index (κ1) is 13.6. The van der Waals surface area contributed by atoms with Crippen LogP contribution in [0.3, 0.4) is 0 Å².